The second-order valence-electron chi connectivity index (χ2n) is 5.70. The molecule has 1 aliphatic carbocycles. The Morgan fingerprint density at radius 1 is 1.22 bits per heavy atom. The molecule has 2 heteroatoms. The van der Waals surface area contributed by atoms with E-state index in [1.807, 2.05) is 0 Å². The van der Waals surface area contributed by atoms with E-state index in [9.17, 15) is 0 Å². The predicted molar refractivity (Wildman–Crippen MR) is 79.2 cm³/mol. The van der Waals surface area contributed by atoms with Crippen LogP contribution in [0.3, 0.4) is 0 Å². The van der Waals surface area contributed by atoms with Crippen LogP contribution in [0.1, 0.15) is 43.7 Å². The molecule has 1 aromatic carbocycles. The molecule has 0 radical (unpaired) electrons. The van der Waals surface area contributed by atoms with Crippen LogP contribution >= 0.6 is 0 Å². The van der Waals surface area contributed by atoms with Crippen molar-refractivity contribution in [2.45, 2.75) is 51.5 Å². The molecular weight excluding hydrogens is 220 g/mol. The Kier molecular flexibility index (Phi) is 4.65. The van der Waals surface area contributed by atoms with Gasteiger partial charge < -0.3 is 10.6 Å². The first-order valence-electron chi connectivity index (χ1n) is 7.25. The molecule has 0 heterocycles. The third-order valence-corrected chi connectivity index (χ3v) is 3.93. The van der Waals surface area contributed by atoms with Gasteiger partial charge in [-0.3, -0.25) is 0 Å². The molecule has 2 nitrogen and oxygen atoms in total. The Morgan fingerprint density at radius 2 is 1.94 bits per heavy atom. The molecule has 18 heavy (non-hydrogen) atoms. The molecule has 1 aliphatic rings. The third-order valence-electron chi connectivity index (χ3n) is 3.93. The van der Waals surface area contributed by atoms with Gasteiger partial charge in [0, 0.05) is 25.3 Å². The Hall–Kier alpha value is -1.02. The molecule has 0 aromatic heterocycles. The minimum atomic E-state index is 0.321. The summed E-state index contributed by atoms with van der Waals surface area (Å²) in [6, 6.07) is 7.31. The average Bonchev–Trinajstić information content (AvgIpc) is 2.37. The van der Waals surface area contributed by atoms with Gasteiger partial charge in [-0.25, -0.2) is 0 Å². The molecule has 0 saturated carbocycles. The molecule has 1 unspecified atom stereocenters. The first-order valence-corrected chi connectivity index (χ1v) is 7.25. The molecule has 1 aromatic rings. The summed E-state index contributed by atoms with van der Waals surface area (Å²) in [6.45, 7) is 3.18. The highest BCUT2D eigenvalue weighted by Crippen LogP contribution is 2.25. The summed E-state index contributed by atoms with van der Waals surface area (Å²) in [6.07, 6.45) is 7.52. The molecule has 0 saturated heterocycles. The molecule has 0 bridgehead atoms. The van der Waals surface area contributed by atoms with Gasteiger partial charge in [-0.1, -0.05) is 6.07 Å². The maximum atomic E-state index is 5.79. The highest BCUT2D eigenvalue weighted by atomic mass is 15.1. The number of rotatable bonds is 5. The maximum Gasteiger partial charge on any atom is 0.0366 e. The first kappa shape index (κ1) is 13.4. The Balaban J connectivity index is 1.95. The summed E-state index contributed by atoms with van der Waals surface area (Å²) in [5.41, 5.74) is 10.3. The lowest BCUT2D eigenvalue weighted by atomic mass is 9.91. The number of aryl methyl sites for hydroxylation is 2. The van der Waals surface area contributed by atoms with Crippen molar-refractivity contribution in [1.82, 2.24) is 0 Å². The molecular formula is C16H26N2. The van der Waals surface area contributed by atoms with E-state index in [1.165, 1.54) is 37.8 Å². The van der Waals surface area contributed by atoms with Crippen LogP contribution in [0, 0.1) is 0 Å². The minimum Gasteiger partial charge on any atom is -0.375 e. The normalized spacial score (nSPS) is 16.2. The van der Waals surface area contributed by atoms with E-state index >= 15 is 0 Å². The number of benzene rings is 1. The molecule has 2 N–H and O–H groups in total. The summed E-state index contributed by atoms with van der Waals surface area (Å²) in [7, 11) is 2.19. The molecule has 0 fully saturated rings. The highest BCUT2D eigenvalue weighted by molar-refractivity contribution is 5.51. The van der Waals surface area contributed by atoms with Gasteiger partial charge in [0.15, 0.2) is 0 Å². The lowest BCUT2D eigenvalue weighted by Crippen LogP contribution is -2.22. The second-order valence-corrected chi connectivity index (χ2v) is 5.70. The van der Waals surface area contributed by atoms with Crippen molar-refractivity contribution in [1.29, 1.82) is 0 Å². The van der Waals surface area contributed by atoms with Crippen LogP contribution in [-0.4, -0.2) is 19.6 Å². The SMILES string of the molecule is CC(N)CCCN(C)c1ccc2c(c1)CCCC2. The fraction of sp³-hybridized carbons (Fsp3) is 0.625. The number of hydrogen-bond donors (Lipinski definition) is 1. The number of nitrogens with zero attached hydrogens (tertiary/aromatic N) is 1. The van der Waals surface area contributed by atoms with Crippen molar-refractivity contribution < 1.29 is 0 Å². The number of hydrogen-bond acceptors (Lipinski definition) is 2. The van der Waals surface area contributed by atoms with Gasteiger partial charge in [-0.05, 0) is 68.7 Å². The molecule has 0 spiro atoms. The van der Waals surface area contributed by atoms with Gasteiger partial charge in [0.05, 0.1) is 0 Å². The van der Waals surface area contributed by atoms with Crippen LogP contribution in [0.25, 0.3) is 0 Å². The summed E-state index contributed by atoms with van der Waals surface area (Å²) >= 11 is 0. The fourth-order valence-corrected chi connectivity index (χ4v) is 2.74. The van der Waals surface area contributed by atoms with Gasteiger partial charge in [0.25, 0.3) is 0 Å². The lowest BCUT2D eigenvalue weighted by Gasteiger charge is -2.23. The van der Waals surface area contributed by atoms with Gasteiger partial charge in [-0.15, -0.1) is 0 Å². The van der Waals surface area contributed by atoms with E-state index in [4.69, 9.17) is 5.73 Å². The summed E-state index contributed by atoms with van der Waals surface area (Å²) in [4.78, 5) is 2.36. The molecule has 100 valence electrons. The third kappa shape index (κ3) is 3.49. The van der Waals surface area contributed by atoms with Crippen molar-refractivity contribution in [3.63, 3.8) is 0 Å². The van der Waals surface area contributed by atoms with Crippen molar-refractivity contribution >= 4 is 5.69 Å². The Bertz CT molecular complexity index is 385. The van der Waals surface area contributed by atoms with Gasteiger partial charge in [-0.2, -0.15) is 0 Å². The first-order chi connectivity index (χ1) is 8.66. The number of nitrogens with two attached hydrogens (primary N) is 1. The summed E-state index contributed by atoms with van der Waals surface area (Å²) in [5.74, 6) is 0. The zero-order valence-electron chi connectivity index (χ0n) is 11.8. The van der Waals surface area contributed by atoms with Crippen molar-refractivity contribution in [3.8, 4) is 0 Å². The van der Waals surface area contributed by atoms with Crippen LogP contribution in [0.5, 0.6) is 0 Å². The monoisotopic (exact) mass is 246 g/mol. The van der Waals surface area contributed by atoms with Crippen LogP contribution in [0.15, 0.2) is 18.2 Å². The van der Waals surface area contributed by atoms with Gasteiger partial charge in [0.1, 0.15) is 0 Å². The molecule has 1 atom stereocenters. The van der Waals surface area contributed by atoms with E-state index in [0.717, 1.165) is 13.0 Å². The standard InChI is InChI=1S/C16H26N2/c1-13(17)6-5-11-18(2)16-10-9-14-7-3-4-8-15(14)12-16/h9-10,12-13H,3-8,11,17H2,1-2H3. The van der Waals surface area contributed by atoms with E-state index in [-0.39, 0.29) is 0 Å². The van der Waals surface area contributed by atoms with Crippen LogP contribution in [0.2, 0.25) is 0 Å². The summed E-state index contributed by atoms with van der Waals surface area (Å²) < 4.78 is 0. The van der Waals surface area contributed by atoms with Crippen molar-refractivity contribution in [2.75, 3.05) is 18.5 Å². The van der Waals surface area contributed by atoms with Crippen LogP contribution in [-0.2, 0) is 12.8 Å². The maximum absolute atomic E-state index is 5.79. The fourth-order valence-electron chi connectivity index (χ4n) is 2.74. The Labute approximate surface area is 111 Å². The molecule has 2 rings (SSSR count). The quantitative estimate of drug-likeness (QED) is 0.865. The van der Waals surface area contributed by atoms with Crippen LogP contribution in [0.4, 0.5) is 5.69 Å². The average molecular weight is 246 g/mol. The summed E-state index contributed by atoms with van der Waals surface area (Å²) in [5, 5.41) is 0. The van der Waals surface area contributed by atoms with E-state index in [2.05, 4.69) is 37.1 Å². The minimum absolute atomic E-state index is 0.321. The molecule has 0 aliphatic heterocycles. The zero-order chi connectivity index (χ0) is 13.0. The van der Waals surface area contributed by atoms with E-state index in [1.54, 1.807) is 11.1 Å². The van der Waals surface area contributed by atoms with E-state index in [0.29, 0.717) is 6.04 Å². The zero-order valence-corrected chi connectivity index (χ0v) is 11.8. The highest BCUT2D eigenvalue weighted by Gasteiger charge is 2.10. The van der Waals surface area contributed by atoms with Gasteiger partial charge in [0.2, 0.25) is 0 Å². The number of fused-ring (bicyclic) bond motifs is 1. The number of anilines is 1. The largest absolute Gasteiger partial charge is 0.375 e. The van der Waals surface area contributed by atoms with Gasteiger partial charge >= 0.3 is 0 Å². The molecule has 0 amide bonds. The Morgan fingerprint density at radius 3 is 2.67 bits per heavy atom. The van der Waals surface area contributed by atoms with Crippen LogP contribution < -0.4 is 10.6 Å². The smallest absolute Gasteiger partial charge is 0.0366 e. The lowest BCUT2D eigenvalue weighted by molar-refractivity contribution is 0.621. The van der Waals surface area contributed by atoms with Crippen molar-refractivity contribution in [2.24, 2.45) is 5.73 Å². The topological polar surface area (TPSA) is 29.3 Å². The second kappa shape index (κ2) is 6.24. The van der Waals surface area contributed by atoms with E-state index < -0.39 is 0 Å². The predicted octanol–water partition coefficient (Wildman–Crippen LogP) is 3.13. The van der Waals surface area contributed by atoms with Crippen molar-refractivity contribution in [3.05, 3.63) is 29.3 Å².